The predicted molar refractivity (Wildman–Crippen MR) is 111 cm³/mol. The second-order valence-corrected chi connectivity index (χ2v) is 10.0. The molecule has 1 saturated carbocycles. The first-order chi connectivity index (χ1) is 12.8. The zero-order chi connectivity index (χ0) is 19.2. The predicted octanol–water partition coefficient (Wildman–Crippen LogP) is 5.20. The van der Waals surface area contributed by atoms with Crippen molar-refractivity contribution in [2.75, 3.05) is 13.1 Å². The van der Waals surface area contributed by atoms with E-state index in [4.69, 9.17) is 10.1 Å². The molecule has 0 radical (unpaired) electrons. The van der Waals surface area contributed by atoms with E-state index < -0.39 is 0 Å². The van der Waals surface area contributed by atoms with Gasteiger partial charge in [-0.1, -0.05) is 51.5 Å². The molecule has 0 N–H and O–H groups in total. The van der Waals surface area contributed by atoms with Gasteiger partial charge in [0.2, 0.25) is 0 Å². The average Bonchev–Trinajstić information content (AvgIpc) is 3.19. The maximum absolute atomic E-state index is 4.96. The summed E-state index contributed by atoms with van der Waals surface area (Å²) in [6.45, 7) is 14.4. The van der Waals surface area contributed by atoms with Gasteiger partial charge in [-0.15, -0.1) is 0 Å². The van der Waals surface area contributed by atoms with Gasteiger partial charge in [-0.25, -0.2) is 9.67 Å². The van der Waals surface area contributed by atoms with Crippen molar-refractivity contribution in [3.63, 3.8) is 0 Å². The molecule has 4 rings (SSSR count). The van der Waals surface area contributed by atoms with E-state index >= 15 is 0 Å². The molecule has 1 saturated heterocycles. The third-order valence-corrected chi connectivity index (χ3v) is 6.47. The molecule has 2 aromatic rings. The molecule has 146 valence electrons. The van der Waals surface area contributed by atoms with Crippen molar-refractivity contribution in [1.29, 1.82) is 0 Å². The summed E-state index contributed by atoms with van der Waals surface area (Å²) >= 11 is 0. The van der Waals surface area contributed by atoms with E-state index in [0.29, 0.717) is 11.5 Å². The fraction of sp³-hybridized carbons (Fsp3) is 0.652. The van der Waals surface area contributed by atoms with Gasteiger partial charge in [-0.05, 0) is 56.0 Å². The molecule has 4 heteroatoms. The Morgan fingerprint density at radius 1 is 1.07 bits per heavy atom. The molecule has 1 aliphatic heterocycles. The molecule has 0 amide bonds. The van der Waals surface area contributed by atoms with E-state index in [0.717, 1.165) is 23.8 Å². The minimum atomic E-state index is 0.169. The van der Waals surface area contributed by atoms with E-state index in [-0.39, 0.29) is 5.41 Å². The molecule has 0 bridgehead atoms. The van der Waals surface area contributed by atoms with Crippen molar-refractivity contribution in [3.05, 3.63) is 35.7 Å². The van der Waals surface area contributed by atoms with Gasteiger partial charge in [0.15, 0.2) is 11.6 Å². The van der Waals surface area contributed by atoms with Crippen LogP contribution in [0, 0.1) is 5.41 Å². The van der Waals surface area contributed by atoms with Crippen LogP contribution < -0.4 is 0 Å². The summed E-state index contributed by atoms with van der Waals surface area (Å²) in [6, 6.07) is 9.17. The summed E-state index contributed by atoms with van der Waals surface area (Å²) in [7, 11) is 0. The van der Waals surface area contributed by atoms with Crippen molar-refractivity contribution in [3.8, 4) is 11.4 Å². The Hall–Kier alpha value is -1.68. The number of nitrogens with zero attached hydrogens (tertiary/aromatic N) is 4. The number of hydrogen-bond donors (Lipinski definition) is 0. The van der Waals surface area contributed by atoms with Crippen molar-refractivity contribution >= 4 is 0 Å². The largest absolute Gasteiger partial charge is 0.295 e. The lowest BCUT2D eigenvalue weighted by molar-refractivity contribution is 0.136. The van der Waals surface area contributed by atoms with Gasteiger partial charge in [-0.2, -0.15) is 5.10 Å². The average molecular weight is 367 g/mol. The van der Waals surface area contributed by atoms with Crippen LogP contribution in [0.3, 0.4) is 0 Å². The molecular formula is C23H34N4. The maximum Gasteiger partial charge on any atom is 0.165 e. The molecule has 1 aromatic heterocycles. The van der Waals surface area contributed by atoms with Crippen LogP contribution in [0.5, 0.6) is 0 Å². The number of hydrogen-bond acceptors (Lipinski definition) is 3. The van der Waals surface area contributed by atoms with E-state index in [1.165, 1.54) is 44.3 Å². The Bertz CT molecular complexity index is 791. The van der Waals surface area contributed by atoms with Gasteiger partial charge in [0, 0.05) is 18.2 Å². The van der Waals surface area contributed by atoms with Crippen LogP contribution >= 0.6 is 0 Å². The van der Waals surface area contributed by atoms with Crippen LogP contribution in [0.4, 0.5) is 0 Å². The Labute approximate surface area is 164 Å². The molecule has 1 aromatic carbocycles. The molecule has 1 aliphatic carbocycles. The lowest BCUT2D eigenvalue weighted by atomic mass is 9.68. The fourth-order valence-corrected chi connectivity index (χ4v) is 4.56. The number of likely N-dealkylation sites (tertiary alicyclic amines) is 1. The third-order valence-electron chi connectivity index (χ3n) is 6.47. The Kier molecular flexibility index (Phi) is 4.66. The summed E-state index contributed by atoms with van der Waals surface area (Å²) in [5.41, 5.74) is 3.31. The van der Waals surface area contributed by atoms with E-state index in [1.807, 2.05) is 0 Å². The highest BCUT2D eigenvalue weighted by Gasteiger charge is 2.42. The van der Waals surface area contributed by atoms with Gasteiger partial charge in [0.25, 0.3) is 0 Å². The lowest BCUT2D eigenvalue weighted by Crippen LogP contribution is -2.33. The van der Waals surface area contributed by atoms with Gasteiger partial charge in [0.1, 0.15) is 0 Å². The van der Waals surface area contributed by atoms with Crippen molar-refractivity contribution in [1.82, 2.24) is 19.7 Å². The highest BCUT2D eigenvalue weighted by Crippen LogP contribution is 2.48. The van der Waals surface area contributed by atoms with E-state index in [1.54, 1.807) is 0 Å². The third kappa shape index (κ3) is 3.69. The van der Waals surface area contributed by atoms with Crippen LogP contribution in [0.1, 0.15) is 77.7 Å². The SMILES string of the molecule is CC(C)n1nc(CN2CCC3(CCC3)C2)nc1-c1ccc(C(C)(C)C)cc1. The quantitative estimate of drug-likeness (QED) is 0.746. The molecule has 27 heavy (non-hydrogen) atoms. The topological polar surface area (TPSA) is 34.0 Å². The van der Waals surface area contributed by atoms with Crippen molar-refractivity contribution < 1.29 is 0 Å². The van der Waals surface area contributed by atoms with Crippen LogP contribution in [-0.2, 0) is 12.0 Å². The number of rotatable bonds is 4. The summed E-state index contributed by atoms with van der Waals surface area (Å²) in [5, 5.41) is 4.88. The van der Waals surface area contributed by atoms with Gasteiger partial charge in [-0.3, -0.25) is 4.90 Å². The summed E-state index contributed by atoms with van der Waals surface area (Å²) in [6.07, 6.45) is 5.62. The van der Waals surface area contributed by atoms with Crippen LogP contribution in [-0.4, -0.2) is 32.8 Å². The second kappa shape index (κ2) is 6.73. The standard InChI is InChI=1S/C23H34N4/c1-17(2)27-21(18-7-9-19(10-8-18)22(3,4)5)24-20(25-27)15-26-14-13-23(16-26)11-6-12-23/h7-10,17H,6,11-16H2,1-5H3. The zero-order valence-electron chi connectivity index (χ0n) is 17.6. The zero-order valence-corrected chi connectivity index (χ0v) is 17.6. The van der Waals surface area contributed by atoms with Crippen LogP contribution in [0.15, 0.2) is 24.3 Å². The molecule has 2 fully saturated rings. The maximum atomic E-state index is 4.96. The summed E-state index contributed by atoms with van der Waals surface area (Å²) < 4.78 is 2.09. The highest BCUT2D eigenvalue weighted by molar-refractivity contribution is 5.56. The number of aromatic nitrogens is 3. The lowest BCUT2D eigenvalue weighted by Gasteiger charge is -2.38. The normalized spacial score (nSPS) is 19.8. The monoisotopic (exact) mass is 366 g/mol. The summed E-state index contributed by atoms with van der Waals surface area (Å²) in [5.74, 6) is 1.97. The minimum absolute atomic E-state index is 0.169. The molecule has 0 unspecified atom stereocenters. The fourth-order valence-electron chi connectivity index (χ4n) is 4.56. The molecule has 1 spiro atoms. The van der Waals surface area contributed by atoms with Gasteiger partial charge in [0.05, 0.1) is 6.54 Å². The molecular weight excluding hydrogens is 332 g/mol. The Morgan fingerprint density at radius 2 is 1.78 bits per heavy atom. The Morgan fingerprint density at radius 3 is 2.30 bits per heavy atom. The highest BCUT2D eigenvalue weighted by atomic mass is 15.4. The second-order valence-electron chi connectivity index (χ2n) is 10.0. The first-order valence-electron chi connectivity index (χ1n) is 10.5. The molecule has 2 aliphatic rings. The van der Waals surface area contributed by atoms with Gasteiger partial charge < -0.3 is 0 Å². The molecule has 2 heterocycles. The number of benzene rings is 1. The van der Waals surface area contributed by atoms with Crippen LogP contribution in [0.2, 0.25) is 0 Å². The van der Waals surface area contributed by atoms with Crippen LogP contribution in [0.25, 0.3) is 11.4 Å². The smallest absolute Gasteiger partial charge is 0.165 e. The van der Waals surface area contributed by atoms with E-state index in [9.17, 15) is 0 Å². The first kappa shape index (κ1) is 18.7. The van der Waals surface area contributed by atoms with E-state index in [2.05, 4.69) is 68.5 Å². The molecule has 0 atom stereocenters. The summed E-state index contributed by atoms with van der Waals surface area (Å²) in [4.78, 5) is 7.52. The van der Waals surface area contributed by atoms with Gasteiger partial charge >= 0.3 is 0 Å². The first-order valence-corrected chi connectivity index (χ1v) is 10.5. The Balaban J connectivity index is 1.56. The minimum Gasteiger partial charge on any atom is -0.295 e. The van der Waals surface area contributed by atoms with Crippen molar-refractivity contribution in [2.24, 2.45) is 5.41 Å². The molecule has 4 nitrogen and oxygen atoms in total. The van der Waals surface area contributed by atoms with Crippen molar-refractivity contribution in [2.45, 2.75) is 78.3 Å².